The Morgan fingerprint density at radius 1 is 1.21 bits per heavy atom. The number of aryl methyl sites for hydroxylation is 1. The van der Waals surface area contributed by atoms with Gasteiger partial charge in [0.1, 0.15) is 18.2 Å². The molecule has 2 aliphatic rings. The van der Waals surface area contributed by atoms with Crippen LogP contribution in [-0.2, 0) is 22.4 Å². The molecule has 11 heteroatoms. The largest absolute Gasteiger partial charge is 0.489 e. The lowest BCUT2D eigenvalue weighted by Crippen LogP contribution is -2.20. The summed E-state index contributed by atoms with van der Waals surface area (Å²) in [4.78, 5) is 23.1. The highest BCUT2D eigenvalue weighted by molar-refractivity contribution is 7.92. The van der Waals surface area contributed by atoms with Crippen molar-refractivity contribution in [2.45, 2.75) is 26.2 Å². The van der Waals surface area contributed by atoms with Gasteiger partial charge in [0, 0.05) is 18.3 Å². The predicted molar refractivity (Wildman–Crippen MR) is 121 cm³/mol. The van der Waals surface area contributed by atoms with Crippen LogP contribution in [-0.4, -0.2) is 30.8 Å². The smallest absolute Gasteiger partial charge is 0.259 e. The van der Waals surface area contributed by atoms with Gasteiger partial charge in [-0.05, 0) is 55.3 Å². The lowest BCUT2D eigenvalue weighted by molar-refractivity contribution is 0.102. The molecular formula is C22H20FN5O4S. The summed E-state index contributed by atoms with van der Waals surface area (Å²) in [6, 6.07) is 7.96. The zero-order chi connectivity index (χ0) is 23.3. The van der Waals surface area contributed by atoms with Crippen molar-refractivity contribution in [1.29, 1.82) is 0 Å². The van der Waals surface area contributed by atoms with Crippen molar-refractivity contribution in [2.24, 2.45) is 0 Å². The van der Waals surface area contributed by atoms with Crippen molar-refractivity contribution in [3.05, 3.63) is 64.7 Å². The molecule has 170 valence electrons. The van der Waals surface area contributed by atoms with Gasteiger partial charge in [0.2, 0.25) is 16.0 Å². The molecule has 0 atom stereocenters. The second kappa shape index (κ2) is 7.69. The SMILES string of the molecule is CCN1c2ncc(COc3ccc4c(c3)CS(=O)(=O)N4)cc2C(=O)Nc2c(C)cc(F)nc21. The molecule has 4 heterocycles. The number of amides is 1. The molecule has 1 amide bonds. The van der Waals surface area contributed by atoms with Gasteiger partial charge in [-0.1, -0.05) is 0 Å². The Balaban J connectivity index is 1.43. The third-order valence-electron chi connectivity index (χ3n) is 5.49. The monoisotopic (exact) mass is 469 g/mol. The van der Waals surface area contributed by atoms with Crippen molar-refractivity contribution in [2.75, 3.05) is 21.5 Å². The molecular weight excluding hydrogens is 449 g/mol. The summed E-state index contributed by atoms with van der Waals surface area (Å²) < 4.78 is 45.7. The van der Waals surface area contributed by atoms with E-state index in [0.29, 0.717) is 57.6 Å². The van der Waals surface area contributed by atoms with Crippen molar-refractivity contribution in [3.63, 3.8) is 0 Å². The molecule has 9 nitrogen and oxygen atoms in total. The first-order valence-electron chi connectivity index (χ1n) is 10.3. The highest BCUT2D eigenvalue weighted by Crippen LogP contribution is 2.37. The fourth-order valence-corrected chi connectivity index (χ4v) is 5.22. The number of nitrogens with one attached hydrogen (secondary N) is 2. The van der Waals surface area contributed by atoms with E-state index in [-0.39, 0.29) is 18.3 Å². The van der Waals surface area contributed by atoms with Crippen molar-refractivity contribution in [1.82, 2.24) is 9.97 Å². The normalized spacial score (nSPS) is 15.6. The number of hydrogen-bond donors (Lipinski definition) is 2. The molecule has 33 heavy (non-hydrogen) atoms. The Morgan fingerprint density at radius 3 is 2.82 bits per heavy atom. The molecule has 0 fully saturated rings. The Bertz CT molecular complexity index is 1410. The summed E-state index contributed by atoms with van der Waals surface area (Å²) in [5, 5.41) is 2.82. The first-order valence-corrected chi connectivity index (χ1v) is 11.9. The van der Waals surface area contributed by atoms with Gasteiger partial charge >= 0.3 is 0 Å². The number of nitrogens with zero attached hydrogens (tertiary/aromatic N) is 3. The summed E-state index contributed by atoms with van der Waals surface area (Å²) in [5.41, 5.74) is 3.16. The number of halogens is 1. The second-order valence-electron chi connectivity index (χ2n) is 7.84. The van der Waals surface area contributed by atoms with Crippen LogP contribution in [0.15, 0.2) is 36.5 Å². The predicted octanol–water partition coefficient (Wildman–Crippen LogP) is 3.48. The zero-order valence-corrected chi connectivity index (χ0v) is 18.7. The molecule has 0 saturated heterocycles. The van der Waals surface area contributed by atoms with Crippen molar-refractivity contribution >= 4 is 38.9 Å². The van der Waals surface area contributed by atoms with Gasteiger partial charge in [-0.15, -0.1) is 0 Å². The van der Waals surface area contributed by atoms with Crippen molar-refractivity contribution in [3.8, 4) is 5.75 Å². The molecule has 2 aromatic heterocycles. The van der Waals surface area contributed by atoms with Crippen molar-refractivity contribution < 1.29 is 22.3 Å². The minimum atomic E-state index is -3.34. The molecule has 0 spiro atoms. The van der Waals surface area contributed by atoms with E-state index in [1.54, 1.807) is 42.3 Å². The molecule has 5 rings (SSSR count). The van der Waals surface area contributed by atoms with E-state index in [2.05, 4.69) is 20.0 Å². The number of carbonyl (C=O) groups excluding carboxylic acids is 1. The molecule has 2 N–H and O–H groups in total. The van der Waals surface area contributed by atoms with Crippen LogP contribution in [0.2, 0.25) is 0 Å². The Kier molecular flexibility index (Phi) is 4.93. The van der Waals surface area contributed by atoms with E-state index < -0.39 is 16.0 Å². The Hall–Kier alpha value is -3.73. The second-order valence-corrected chi connectivity index (χ2v) is 9.56. The number of sulfonamides is 1. The minimum absolute atomic E-state index is 0.0957. The van der Waals surface area contributed by atoms with Crippen LogP contribution in [0.1, 0.15) is 34.0 Å². The summed E-state index contributed by atoms with van der Waals surface area (Å²) >= 11 is 0. The van der Waals surface area contributed by atoms with Gasteiger partial charge in [-0.2, -0.15) is 9.37 Å². The van der Waals surface area contributed by atoms with Crippen LogP contribution in [0.25, 0.3) is 0 Å². The van der Waals surface area contributed by atoms with E-state index >= 15 is 0 Å². The van der Waals surface area contributed by atoms with Crippen LogP contribution < -0.4 is 19.7 Å². The molecule has 0 saturated carbocycles. The van der Waals surface area contributed by atoms with Gasteiger partial charge in [0.15, 0.2) is 5.82 Å². The van der Waals surface area contributed by atoms with Crippen LogP contribution in [0.5, 0.6) is 5.75 Å². The maximum atomic E-state index is 14.0. The lowest BCUT2D eigenvalue weighted by atomic mass is 10.1. The first kappa shape index (κ1) is 21.1. The third kappa shape index (κ3) is 3.84. The Morgan fingerprint density at radius 2 is 2.03 bits per heavy atom. The maximum Gasteiger partial charge on any atom is 0.259 e. The number of benzene rings is 1. The lowest BCUT2D eigenvalue weighted by Gasteiger charge is -2.22. The van der Waals surface area contributed by atoms with Gasteiger partial charge in [0.05, 0.1) is 22.7 Å². The maximum absolute atomic E-state index is 14.0. The fourth-order valence-electron chi connectivity index (χ4n) is 3.96. The Labute approximate surface area is 189 Å². The molecule has 0 unspecified atom stereocenters. The van der Waals surface area contributed by atoms with Gasteiger partial charge in [-0.25, -0.2) is 13.4 Å². The van der Waals surface area contributed by atoms with Crippen LogP contribution in [0, 0.1) is 12.9 Å². The van der Waals surface area contributed by atoms with E-state index in [1.165, 1.54) is 6.07 Å². The zero-order valence-electron chi connectivity index (χ0n) is 17.8. The van der Waals surface area contributed by atoms with Gasteiger partial charge in [0.25, 0.3) is 5.91 Å². The van der Waals surface area contributed by atoms with E-state index in [9.17, 15) is 17.6 Å². The van der Waals surface area contributed by atoms with Crippen LogP contribution >= 0.6 is 0 Å². The first-order chi connectivity index (χ1) is 15.7. The summed E-state index contributed by atoms with van der Waals surface area (Å²) in [5.74, 6) is 0.0855. The van der Waals surface area contributed by atoms with Gasteiger partial charge < -0.3 is 15.0 Å². The number of hydrogen-bond acceptors (Lipinski definition) is 7. The standard InChI is InChI=1S/C22H20FN5O4S/c1-3-28-20-16(22(29)26-19-12(2)6-18(23)25-21(19)28)7-13(9-24-20)10-32-15-4-5-17-14(8-15)11-33(30,31)27-17/h4-9,27H,3,10-11H2,1-2H3,(H,26,29). The quantitative estimate of drug-likeness (QED) is 0.563. The highest BCUT2D eigenvalue weighted by Gasteiger charge is 2.29. The average Bonchev–Trinajstić information content (AvgIpc) is 3.02. The summed E-state index contributed by atoms with van der Waals surface area (Å²) in [6.07, 6.45) is 1.59. The molecule has 3 aromatic rings. The number of anilines is 4. The molecule has 2 aliphatic heterocycles. The number of aromatic nitrogens is 2. The number of pyridine rings is 2. The molecule has 0 aliphatic carbocycles. The minimum Gasteiger partial charge on any atom is -0.489 e. The fraction of sp³-hybridized carbons (Fsp3) is 0.227. The number of carbonyl (C=O) groups is 1. The average molecular weight is 469 g/mol. The summed E-state index contributed by atoms with van der Waals surface area (Å²) in [7, 11) is -3.34. The number of ether oxygens (including phenoxy) is 1. The van der Waals surface area contributed by atoms with E-state index in [4.69, 9.17) is 4.74 Å². The van der Waals surface area contributed by atoms with E-state index in [0.717, 1.165) is 0 Å². The van der Waals surface area contributed by atoms with Crippen LogP contribution in [0.3, 0.4) is 0 Å². The summed E-state index contributed by atoms with van der Waals surface area (Å²) in [6.45, 7) is 4.13. The number of fused-ring (bicyclic) bond motifs is 3. The third-order valence-corrected chi connectivity index (χ3v) is 6.72. The molecule has 0 radical (unpaired) electrons. The highest BCUT2D eigenvalue weighted by atomic mass is 32.2. The van der Waals surface area contributed by atoms with Gasteiger partial charge in [-0.3, -0.25) is 9.52 Å². The number of rotatable bonds is 4. The molecule has 0 bridgehead atoms. The molecule has 1 aromatic carbocycles. The van der Waals surface area contributed by atoms with Crippen LogP contribution in [0.4, 0.5) is 27.4 Å². The van der Waals surface area contributed by atoms with E-state index in [1.807, 2.05) is 6.92 Å². The topological polar surface area (TPSA) is 114 Å².